The van der Waals surface area contributed by atoms with Crippen LogP contribution in [0.2, 0.25) is 0 Å². The summed E-state index contributed by atoms with van der Waals surface area (Å²) in [6.07, 6.45) is 3.01. The second kappa shape index (κ2) is 5.27. The summed E-state index contributed by atoms with van der Waals surface area (Å²) < 4.78 is 28.0. The highest BCUT2D eigenvalue weighted by Crippen LogP contribution is 2.18. The molecule has 2 rings (SSSR count). The molecule has 0 fully saturated rings. The molecule has 1 aromatic heterocycles. The molecule has 0 spiro atoms. The van der Waals surface area contributed by atoms with Crippen molar-refractivity contribution < 1.29 is 8.78 Å². The normalized spacial score (nSPS) is 12.4. The van der Waals surface area contributed by atoms with Crippen LogP contribution in [0.4, 0.5) is 8.78 Å². The Labute approximate surface area is 108 Å². The molecule has 0 saturated heterocycles. The lowest BCUT2D eigenvalue weighted by Crippen LogP contribution is -2.28. The molecule has 1 heterocycles. The highest BCUT2D eigenvalue weighted by atomic mass is 19.2. The molecule has 0 radical (unpaired) electrons. The van der Waals surface area contributed by atoms with Gasteiger partial charge in [0.05, 0.1) is 6.04 Å². The van der Waals surface area contributed by atoms with E-state index in [4.69, 9.17) is 5.73 Å². The van der Waals surface area contributed by atoms with Gasteiger partial charge in [-0.15, -0.1) is 0 Å². The third-order valence-electron chi connectivity index (χ3n) is 2.76. The second-order valence-corrected chi connectivity index (χ2v) is 4.32. The highest BCUT2D eigenvalue weighted by Gasteiger charge is 2.15. The van der Waals surface area contributed by atoms with Gasteiger partial charge in [0.25, 0.3) is 0 Å². The molecule has 0 saturated carbocycles. The third kappa shape index (κ3) is 2.85. The van der Waals surface area contributed by atoms with E-state index >= 15 is 0 Å². The van der Waals surface area contributed by atoms with Crippen molar-refractivity contribution in [2.75, 3.05) is 0 Å². The Morgan fingerprint density at radius 1 is 1.42 bits per heavy atom. The van der Waals surface area contributed by atoms with Crippen LogP contribution in [-0.4, -0.2) is 9.55 Å². The molecule has 0 aliphatic carbocycles. The Morgan fingerprint density at radius 3 is 2.89 bits per heavy atom. The number of hydrogen-bond donors (Lipinski definition) is 1. The summed E-state index contributed by atoms with van der Waals surface area (Å²) in [5.41, 5.74) is 6.17. The summed E-state index contributed by atoms with van der Waals surface area (Å²) in [5, 5.41) is 0. The first kappa shape index (κ1) is 13.4. The van der Waals surface area contributed by atoms with Gasteiger partial charge in [0.1, 0.15) is 0 Å². The van der Waals surface area contributed by atoms with E-state index in [0.717, 1.165) is 11.6 Å². The highest BCUT2D eigenvalue weighted by molar-refractivity contribution is 5.22. The lowest BCUT2D eigenvalue weighted by atomic mass is 10.1. The molecule has 2 N–H and O–H groups in total. The van der Waals surface area contributed by atoms with Gasteiger partial charge in [-0.1, -0.05) is 12.1 Å². The van der Waals surface area contributed by atoms with Crippen LogP contribution >= 0.6 is 0 Å². The van der Waals surface area contributed by atoms with E-state index in [2.05, 4.69) is 4.98 Å². The number of benzene rings is 1. The Balaban J connectivity index is 2.30. The van der Waals surface area contributed by atoms with E-state index in [9.17, 15) is 13.6 Å². The molecule has 0 amide bonds. The van der Waals surface area contributed by atoms with E-state index in [1.165, 1.54) is 22.9 Å². The van der Waals surface area contributed by atoms with Gasteiger partial charge in [-0.2, -0.15) is 0 Å². The molecule has 0 bridgehead atoms. The fraction of sp³-hybridized carbons (Fsp3) is 0.231. The Hall–Kier alpha value is -2.08. The largest absolute Gasteiger partial charge is 0.347 e. The van der Waals surface area contributed by atoms with Gasteiger partial charge in [-0.05, 0) is 18.6 Å². The molecule has 1 unspecified atom stereocenters. The van der Waals surface area contributed by atoms with Crippen LogP contribution in [0, 0.1) is 18.6 Å². The Bertz CT molecular complexity index is 655. The van der Waals surface area contributed by atoms with Crippen molar-refractivity contribution in [3.05, 3.63) is 63.8 Å². The maximum atomic E-state index is 13.6. The number of hydrogen-bond acceptors (Lipinski definition) is 3. The van der Waals surface area contributed by atoms with Crippen LogP contribution in [0.25, 0.3) is 0 Å². The number of halogens is 2. The number of aryl methyl sites for hydroxylation is 1. The Kier molecular flexibility index (Phi) is 3.71. The van der Waals surface area contributed by atoms with E-state index < -0.39 is 23.4 Å². The van der Waals surface area contributed by atoms with Crippen LogP contribution in [0.5, 0.6) is 0 Å². The number of aromatic nitrogens is 2. The quantitative estimate of drug-likeness (QED) is 0.915. The van der Waals surface area contributed by atoms with Crippen molar-refractivity contribution >= 4 is 0 Å². The van der Waals surface area contributed by atoms with Gasteiger partial charge in [-0.3, -0.25) is 4.57 Å². The van der Waals surface area contributed by atoms with Crippen LogP contribution in [0.1, 0.15) is 17.2 Å². The van der Waals surface area contributed by atoms with Gasteiger partial charge in [-0.25, -0.2) is 18.6 Å². The van der Waals surface area contributed by atoms with Crippen LogP contribution < -0.4 is 11.4 Å². The van der Waals surface area contributed by atoms with Gasteiger partial charge in [0, 0.05) is 24.5 Å². The van der Waals surface area contributed by atoms with Gasteiger partial charge in [0.15, 0.2) is 11.6 Å². The second-order valence-electron chi connectivity index (χ2n) is 4.32. The first-order chi connectivity index (χ1) is 8.99. The summed E-state index contributed by atoms with van der Waals surface area (Å²) in [4.78, 5) is 15.2. The van der Waals surface area contributed by atoms with Crippen molar-refractivity contribution in [2.45, 2.75) is 19.5 Å². The first-order valence-corrected chi connectivity index (χ1v) is 5.71. The predicted octanol–water partition coefficient (Wildman–Crippen LogP) is 1.53. The zero-order valence-corrected chi connectivity index (χ0v) is 10.3. The number of nitrogens with two attached hydrogens (primary N) is 1. The summed E-state index contributed by atoms with van der Waals surface area (Å²) >= 11 is 0. The topological polar surface area (TPSA) is 60.9 Å². The average Bonchev–Trinajstić information content (AvgIpc) is 2.37. The van der Waals surface area contributed by atoms with Crippen LogP contribution in [0.15, 0.2) is 35.4 Å². The van der Waals surface area contributed by atoms with E-state index in [1.54, 1.807) is 13.1 Å². The fourth-order valence-corrected chi connectivity index (χ4v) is 1.81. The van der Waals surface area contributed by atoms with Gasteiger partial charge < -0.3 is 5.73 Å². The summed E-state index contributed by atoms with van der Waals surface area (Å²) in [7, 11) is 0. The van der Waals surface area contributed by atoms with Crippen molar-refractivity contribution in [3.8, 4) is 0 Å². The molecule has 1 atom stereocenters. The fourth-order valence-electron chi connectivity index (χ4n) is 1.81. The van der Waals surface area contributed by atoms with E-state index in [1.807, 2.05) is 0 Å². The van der Waals surface area contributed by atoms with E-state index in [0.29, 0.717) is 0 Å². The monoisotopic (exact) mass is 265 g/mol. The molecule has 1 aromatic carbocycles. The van der Waals surface area contributed by atoms with Crippen molar-refractivity contribution in [2.24, 2.45) is 5.73 Å². The number of nitrogens with zero attached hydrogens (tertiary/aromatic N) is 2. The zero-order valence-electron chi connectivity index (χ0n) is 10.3. The van der Waals surface area contributed by atoms with Crippen LogP contribution in [-0.2, 0) is 6.54 Å². The third-order valence-corrected chi connectivity index (χ3v) is 2.76. The van der Waals surface area contributed by atoms with Crippen molar-refractivity contribution in [1.82, 2.24) is 9.55 Å². The smallest absolute Gasteiger partial charge is 0.322 e. The molecule has 6 heteroatoms. The van der Waals surface area contributed by atoms with Crippen molar-refractivity contribution in [1.29, 1.82) is 0 Å². The minimum absolute atomic E-state index is 0.0356. The standard InChI is InChI=1S/C13H13F2N3O/c1-8-5-17-13(19)18(6-8)7-11(16)9-3-2-4-10(14)12(9)15/h2-6,11H,7,16H2,1H3. The molecule has 4 nitrogen and oxygen atoms in total. The molecular weight excluding hydrogens is 252 g/mol. The van der Waals surface area contributed by atoms with Gasteiger partial charge in [0.2, 0.25) is 0 Å². The summed E-state index contributed by atoms with van der Waals surface area (Å²) in [6, 6.07) is 2.98. The van der Waals surface area contributed by atoms with Crippen LogP contribution in [0.3, 0.4) is 0 Å². The summed E-state index contributed by atoms with van der Waals surface area (Å²) in [6.45, 7) is 1.81. The average molecular weight is 265 g/mol. The minimum atomic E-state index is -0.983. The predicted molar refractivity (Wildman–Crippen MR) is 66.5 cm³/mol. The maximum Gasteiger partial charge on any atom is 0.347 e. The van der Waals surface area contributed by atoms with Gasteiger partial charge >= 0.3 is 5.69 Å². The SMILES string of the molecule is Cc1cnc(=O)n(CC(N)c2cccc(F)c2F)c1. The molecule has 19 heavy (non-hydrogen) atoms. The molecule has 2 aromatic rings. The van der Waals surface area contributed by atoms with E-state index in [-0.39, 0.29) is 12.1 Å². The summed E-state index contributed by atoms with van der Waals surface area (Å²) in [5.74, 6) is -1.94. The first-order valence-electron chi connectivity index (χ1n) is 5.71. The lowest BCUT2D eigenvalue weighted by Gasteiger charge is -2.14. The minimum Gasteiger partial charge on any atom is -0.322 e. The maximum absolute atomic E-state index is 13.6. The lowest BCUT2D eigenvalue weighted by molar-refractivity contribution is 0.470. The molecule has 0 aliphatic heterocycles. The molecule has 0 aliphatic rings. The molecule has 100 valence electrons. The number of rotatable bonds is 3. The zero-order chi connectivity index (χ0) is 14.0. The molecular formula is C13H13F2N3O. The Morgan fingerprint density at radius 2 is 2.16 bits per heavy atom. The van der Waals surface area contributed by atoms with Crippen molar-refractivity contribution in [3.63, 3.8) is 0 Å².